The molecule has 2 amide bonds. The molecule has 0 bridgehead atoms. The first kappa shape index (κ1) is 19.4. The number of pyridine rings is 1. The van der Waals surface area contributed by atoms with Crippen LogP contribution in [0.3, 0.4) is 0 Å². The van der Waals surface area contributed by atoms with Crippen LogP contribution >= 0.6 is 27.3 Å². The third-order valence-electron chi connectivity index (χ3n) is 4.25. The molecule has 8 nitrogen and oxygen atoms in total. The number of carbonyl (C=O) groups is 3. The number of nitrogens with zero attached hydrogens (tertiary/aromatic N) is 2. The molecule has 0 aromatic carbocycles. The molecule has 1 saturated carbocycles. The maximum atomic E-state index is 12.7. The summed E-state index contributed by atoms with van der Waals surface area (Å²) in [5.74, 6) is -1.00. The number of halogens is 1. The Balaban J connectivity index is 1.69. The number of rotatable bonds is 6. The molecule has 1 fully saturated rings. The number of carbonyl (C=O) groups excluding carboxylic acids is 2. The van der Waals surface area contributed by atoms with Crippen LogP contribution in [-0.4, -0.2) is 32.9 Å². The van der Waals surface area contributed by atoms with Gasteiger partial charge >= 0.3 is 12.0 Å². The lowest BCUT2D eigenvalue weighted by Crippen LogP contribution is -2.22. The number of aliphatic carboxylic acids is 1. The first-order valence-corrected chi connectivity index (χ1v) is 9.98. The van der Waals surface area contributed by atoms with Crippen molar-refractivity contribution in [2.45, 2.75) is 32.1 Å². The smallest absolute Gasteiger partial charge is 0.325 e. The van der Waals surface area contributed by atoms with E-state index in [0.717, 1.165) is 37.0 Å². The highest BCUT2D eigenvalue weighted by molar-refractivity contribution is 9.11. The number of ketones is 1. The summed E-state index contributed by atoms with van der Waals surface area (Å²) in [6, 6.07) is 1.04. The Labute approximate surface area is 167 Å². The highest BCUT2D eigenvalue weighted by Crippen LogP contribution is 2.31. The first-order chi connectivity index (χ1) is 12.9. The molecule has 0 saturated heterocycles. The predicted molar refractivity (Wildman–Crippen MR) is 104 cm³/mol. The summed E-state index contributed by atoms with van der Waals surface area (Å²) in [5, 5.41) is 14.3. The van der Waals surface area contributed by atoms with E-state index in [4.69, 9.17) is 5.11 Å². The second-order valence-electron chi connectivity index (χ2n) is 6.16. The molecule has 2 aromatic heterocycles. The Morgan fingerprint density at radius 2 is 2.00 bits per heavy atom. The van der Waals surface area contributed by atoms with Gasteiger partial charge in [0.1, 0.15) is 0 Å². The van der Waals surface area contributed by atoms with Gasteiger partial charge in [0.25, 0.3) is 0 Å². The molecule has 27 heavy (non-hydrogen) atoms. The number of hydrogen-bond acceptors (Lipinski definition) is 6. The molecule has 2 aromatic rings. The van der Waals surface area contributed by atoms with E-state index in [-0.39, 0.29) is 23.3 Å². The Kier molecular flexibility index (Phi) is 6.17. The maximum absolute atomic E-state index is 12.7. The van der Waals surface area contributed by atoms with Crippen molar-refractivity contribution in [3.8, 4) is 0 Å². The number of nitrogens with one attached hydrogen (secondary N) is 2. The van der Waals surface area contributed by atoms with Crippen molar-refractivity contribution in [3.05, 3.63) is 33.5 Å². The summed E-state index contributed by atoms with van der Waals surface area (Å²) in [4.78, 5) is 43.9. The number of anilines is 2. The minimum Gasteiger partial charge on any atom is -0.481 e. The van der Waals surface area contributed by atoms with Crippen molar-refractivity contribution in [2.75, 3.05) is 10.6 Å². The zero-order chi connectivity index (χ0) is 19.4. The van der Waals surface area contributed by atoms with Crippen LogP contribution in [-0.2, 0) is 11.2 Å². The largest absolute Gasteiger partial charge is 0.481 e. The van der Waals surface area contributed by atoms with E-state index in [9.17, 15) is 14.4 Å². The van der Waals surface area contributed by atoms with Gasteiger partial charge in [0, 0.05) is 17.7 Å². The zero-order valence-electron chi connectivity index (χ0n) is 14.2. The lowest BCUT2D eigenvalue weighted by atomic mass is 9.96. The highest BCUT2D eigenvalue weighted by atomic mass is 79.9. The third kappa shape index (κ3) is 4.89. The van der Waals surface area contributed by atoms with Crippen LogP contribution in [0.5, 0.6) is 0 Å². The summed E-state index contributed by atoms with van der Waals surface area (Å²) in [6.45, 7) is 0. The quantitative estimate of drug-likeness (QED) is 0.570. The van der Waals surface area contributed by atoms with Crippen LogP contribution in [0, 0.1) is 5.92 Å². The van der Waals surface area contributed by atoms with Crippen LogP contribution in [0.15, 0.2) is 22.2 Å². The van der Waals surface area contributed by atoms with Crippen LogP contribution in [0.2, 0.25) is 0 Å². The normalized spacial score (nSPS) is 14.1. The van der Waals surface area contributed by atoms with Crippen molar-refractivity contribution in [1.29, 1.82) is 0 Å². The molecule has 10 heteroatoms. The van der Waals surface area contributed by atoms with E-state index in [2.05, 4.69) is 36.5 Å². The Bertz CT molecular complexity index is 880. The van der Waals surface area contributed by atoms with Gasteiger partial charge in [-0.1, -0.05) is 24.2 Å². The lowest BCUT2D eigenvalue weighted by molar-refractivity contribution is -0.136. The fourth-order valence-electron chi connectivity index (χ4n) is 3.01. The SMILES string of the molecule is O=C(O)Cc1nc(NC(=O)Nc2cnccc2C(=O)C2CCCC2)sc1Br. The first-order valence-electron chi connectivity index (χ1n) is 8.37. The summed E-state index contributed by atoms with van der Waals surface area (Å²) in [5.41, 5.74) is 1.12. The fraction of sp³-hybridized carbons (Fsp3) is 0.353. The molecule has 1 aliphatic carbocycles. The van der Waals surface area contributed by atoms with E-state index in [1.807, 2.05) is 0 Å². The number of thiazole rings is 1. The van der Waals surface area contributed by atoms with Crippen molar-refractivity contribution >= 4 is 55.9 Å². The highest BCUT2D eigenvalue weighted by Gasteiger charge is 2.26. The minimum atomic E-state index is -1.01. The standard InChI is InChI=1S/C17H17BrN4O4S/c18-15-11(7-13(23)24)21-17(27-15)22-16(26)20-12-8-19-6-5-10(12)14(25)9-3-1-2-4-9/h5-6,8-9H,1-4,7H2,(H,23,24)(H2,20,21,22,26). The number of carboxylic acids is 1. The van der Waals surface area contributed by atoms with E-state index in [1.54, 1.807) is 6.07 Å². The Morgan fingerprint density at radius 3 is 2.70 bits per heavy atom. The number of hydrogen-bond donors (Lipinski definition) is 3. The number of carboxylic acid groups (broad SMARTS) is 1. The van der Waals surface area contributed by atoms with Crippen LogP contribution in [0.1, 0.15) is 41.7 Å². The van der Waals surface area contributed by atoms with Crippen LogP contribution in [0.25, 0.3) is 0 Å². The van der Waals surface area contributed by atoms with Gasteiger partial charge in [-0.2, -0.15) is 0 Å². The summed E-state index contributed by atoms with van der Waals surface area (Å²) < 4.78 is 0.540. The Hall–Kier alpha value is -2.33. The summed E-state index contributed by atoms with van der Waals surface area (Å²) in [6.07, 6.45) is 6.54. The molecule has 0 radical (unpaired) electrons. The van der Waals surface area contributed by atoms with Gasteiger partial charge in [-0.25, -0.2) is 9.78 Å². The molecule has 142 valence electrons. The van der Waals surface area contributed by atoms with Crippen molar-refractivity contribution < 1.29 is 19.5 Å². The molecular formula is C17H17BrN4O4S. The molecule has 0 spiro atoms. The molecular weight excluding hydrogens is 436 g/mol. The number of urea groups is 1. The van der Waals surface area contributed by atoms with Crippen molar-refractivity contribution in [2.24, 2.45) is 5.92 Å². The third-order valence-corrected chi connectivity index (χ3v) is 5.99. The average molecular weight is 453 g/mol. The molecule has 0 atom stereocenters. The van der Waals surface area contributed by atoms with Crippen LogP contribution < -0.4 is 10.6 Å². The molecule has 3 rings (SSSR count). The van der Waals surface area contributed by atoms with E-state index in [0.29, 0.717) is 20.7 Å². The molecule has 3 N–H and O–H groups in total. The fourth-order valence-corrected chi connectivity index (χ4v) is 4.40. The van der Waals surface area contributed by atoms with Gasteiger partial charge in [-0.05, 0) is 34.8 Å². The topological polar surface area (TPSA) is 121 Å². The van der Waals surface area contributed by atoms with Gasteiger partial charge in [0.05, 0.1) is 27.8 Å². The summed E-state index contributed by atoms with van der Waals surface area (Å²) in [7, 11) is 0. The molecule has 1 aliphatic rings. The van der Waals surface area contributed by atoms with Gasteiger partial charge in [0.15, 0.2) is 10.9 Å². The second-order valence-corrected chi connectivity index (χ2v) is 8.47. The zero-order valence-corrected chi connectivity index (χ0v) is 16.6. The molecule has 0 aliphatic heterocycles. The molecule has 2 heterocycles. The monoisotopic (exact) mass is 452 g/mol. The molecule has 0 unspecified atom stereocenters. The minimum absolute atomic E-state index is 0.00972. The van der Waals surface area contributed by atoms with Crippen molar-refractivity contribution in [1.82, 2.24) is 9.97 Å². The van der Waals surface area contributed by atoms with Crippen LogP contribution in [0.4, 0.5) is 15.6 Å². The lowest BCUT2D eigenvalue weighted by Gasteiger charge is -2.13. The summed E-state index contributed by atoms with van der Waals surface area (Å²) >= 11 is 4.35. The maximum Gasteiger partial charge on any atom is 0.325 e. The number of aromatic nitrogens is 2. The second kappa shape index (κ2) is 8.57. The predicted octanol–water partition coefficient (Wildman–Crippen LogP) is 3.94. The van der Waals surface area contributed by atoms with Gasteiger partial charge < -0.3 is 10.4 Å². The average Bonchev–Trinajstić information content (AvgIpc) is 3.25. The van der Waals surface area contributed by atoms with Gasteiger partial charge in [-0.3, -0.25) is 19.9 Å². The number of Topliss-reactive ketones (excluding diaryl/α,β-unsaturated/α-hetero) is 1. The van der Waals surface area contributed by atoms with E-state index in [1.165, 1.54) is 12.4 Å². The van der Waals surface area contributed by atoms with E-state index >= 15 is 0 Å². The Morgan fingerprint density at radius 1 is 1.26 bits per heavy atom. The van der Waals surface area contributed by atoms with E-state index < -0.39 is 12.0 Å². The van der Waals surface area contributed by atoms with Gasteiger partial charge in [0.2, 0.25) is 0 Å². The van der Waals surface area contributed by atoms with Crippen molar-refractivity contribution in [3.63, 3.8) is 0 Å². The number of amides is 2. The van der Waals surface area contributed by atoms with Gasteiger partial charge in [-0.15, -0.1) is 0 Å².